The molecule has 1 unspecified atom stereocenters. The van der Waals surface area contributed by atoms with Crippen molar-refractivity contribution < 1.29 is 37.0 Å². The van der Waals surface area contributed by atoms with Crippen molar-refractivity contribution in [3.63, 3.8) is 0 Å². The molecule has 1 saturated heterocycles. The van der Waals surface area contributed by atoms with Crippen molar-refractivity contribution in [2.75, 3.05) is 39.7 Å². The van der Waals surface area contributed by atoms with Crippen molar-refractivity contribution in [2.45, 2.75) is 37.6 Å². The lowest BCUT2D eigenvalue weighted by Gasteiger charge is -2.31. The Hall–Kier alpha value is -3.64. The van der Waals surface area contributed by atoms with E-state index in [2.05, 4.69) is 10.6 Å². The average molecular weight is 548 g/mol. The van der Waals surface area contributed by atoms with E-state index in [-0.39, 0.29) is 40.9 Å². The van der Waals surface area contributed by atoms with E-state index in [1.807, 2.05) is 6.92 Å². The van der Waals surface area contributed by atoms with Gasteiger partial charge in [0, 0.05) is 31.1 Å². The molecule has 0 spiro atoms. The normalized spacial score (nSPS) is 15.3. The summed E-state index contributed by atoms with van der Waals surface area (Å²) in [6, 6.07) is 8.53. The highest BCUT2D eigenvalue weighted by Crippen LogP contribution is 2.34. The van der Waals surface area contributed by atoms with Crippen LogP contribution in [0, 0.1) is 12.8 Å². The predicted molar refractivity (Wildman–Crippen MR) is 140 cm³/mol. The Kier molecular flexibility index (Phi) is 9.34. The number of benzene rings is 2. The number of aryl methyl sites for hydroxylation is 1. The molecule has 2 aromatic carbocycles. The number of methoxy groups -OCH3 is 3. The van der Waals surface area contributed by atoms with Crippen LogP contribution in [0.15, 0.2) is 41.3 Å². The predicted octanol–water partition coefficient (Wildman–Crippen LogP) is 2.34. The number of ether oxygens (including phenoxy) is 3. The second-order valence-electron chi connectivity index (χ2n) is 8.96. The number of sulfonamides is 1. The van der Waals surface area contributed by atoms with Crippen LogP contribution in [0.5, 0.6) is 11.5 Å². The molecule has 206 valence electrons. The van der Waals surface area contributed by atoms with Crippen LogP contribution in [0.1, 0.15) is 35.7 Å². The Labute approximate surface area is 222 Å². The van der Waals surface area contributed by atoms with Crippen LogP contribution >= 0.6 is 0 Å². The smallest absolute Gasteiger partial charge is 0.340 e. The highest BCUT2D eigenvalue weighted by atomic mass is 32.2. The van der Waals surface area contributed by atoms with Gasteiger partial charge in [-0.15, -0.1) is 0 Å². The van der Waals surface area contributed by atoms with E-state index >= 15 is 0 Å². The van der Waals surface area contributed by atoms with Gasteiger partial charge in [-0.2, -0.15) is 4.31 Å². The minimum atomic E-state index is -3.64. The number of anilines is 1. The molecule has 0 radical (unpaired) electrons. The number of hydrogen-bond donors (Lipinski definition) is 2. The monoisotopic (exact) mass is 547 g/mol. The number of piperidine rings is 1. The molecule has 1 aliphatic heterocycles. The summed E-state index contributed by atoms with van der Waals surface area (Å²) >= 11 is 0. The van der Waals surface area contributed by atoms with Gasteiger partial charge in [-0.05, 0) is 38.8 Å². The van der Waals surface area contributed by atoms with Gasteiger partial charge in [0.1, 0.15) is 6.04 Å². The topological polar surface area (TPSA) is 140 Å². The molecule has 11 nitrogen and oxygen atoms in total. The van der Waals surface area contributed by atoms with Gasteiger partial charge in [0.25, 0.3) is 0 Å². The standard InChI is InChI=1S/C26H33N3O8S/c1-16-6-8-19(9-7-16)38(33,34)29-12-10-18(11-13-29)25(31)27-17(2)24(30)28-21-15-23(36-4)22(35-3)14-20(21)26(32)37-5/h6-9,14-15,17-18H,10-13H2,1-5H3,(H,27,31)(H,28,30). The van der Waals surface area contributed by atoms with E-state index < -0.39 is 33.9 Å². The largest absolute Gasteiger partial charge is 0.493 e. The van der Waals surface area contributed by atoms with E-state index in [4.69, 9.17) is 14.2 Å². The minimum Gasteiger partial charge on any atom is -0.493 e. The van der Waals surface area contributed by atoms with E-state index in [9.17, 15) is 22.8 Å². The molecule has 1 atom stereocenters. The number of amides is 2. The Morgan fingerprint density at radius 1 is 0.974 bits per heavy atom. The Bertz CT molecular complexity index is 1290. The summed E-state index contributed by atoms with van der Waals surface area (Å²) in [4.78, 5) is 38.2. The van der Waals surface area contributed by atoms with Crippen LogP contribution in [0.3, 0.4) is 0 Å². The molecule has 1 aliphatic rings. The second kappa shape index (κ2) is 12.3. The molecule has 0 saturated carbocycles. The maximum Gasteiger partial charge on any atom is 0.340 e. The number of nitrogens with one attached hydrogen (secondary N) is 2. The first kappa shape index (κ1) is 28.9. The van der Waals surface area contributed by atoms with E-state index in [1.165, 1.54) is 44.7 Å². The van der Waals surface area contributed by atoms with Crippen molar-refractivity contribution in [2.24, 2.45) is 5.92 Å². The van der Waals surface area contributed by atoms with Crippen LogP contribution in [0.4, 0.5) is 5.69 Å². The van der Waals surface area contributed by atoms with Crippen molar-refractivity contribution in [3.8, 4) is 11.5 Å². The van der Waals surface area contributed by atoms with Crippen LogP contribution in [-0.4, -0.2) is 71.0 Å². The van der Waals surface area contributed by atoms with E-state index in [0.717, 1.165) is 5.56 Å². The van der Waals surface area contributed by atoms with Crippen LogP contribution in [0.25, 0.3) is 0 Å². The third-order valence-corrected chi connectivity index (χ3v) is 8.34. The zero-order valence-corrected chi connectivity index (χ0v) is 22.9. The fourth-order valence-corrected chi connectivity index (χ4v) is 5.59. The molecule has 0 aromatic heterocycles. The lowest BCUT2D eigenvalue weighted by Crippen LogP contribution is -2.47. The zero-order valence-electron chi connectivity index (χ0n) is 22.1. The van der Waals surface area contributed by atoms with Crippen molar-refractivity contribution in [3.05, 3.63) is 47.5 Å². The highest BCUT2D eigenvalue weighted by molar-refractivity contribution is 7.89. The summed E-state index contributed by atoms with van der Waals surface area (Å²) in [7, 11) is 0.402. The Morgan fingerprint density at radius 2 is 1.55 bits per heavy atom. The van der Waals surface area contributed by atoms with Gasteiger partial charge < -0.3 is 24.8 Å². The zero-order chi connectivity index (χ0) is 28.0. The number of carbonyl (C=O) groups excluding carboxylic acids is 3. The summed E-state index contributed by atoms with van der Waals surface area (Å²) in [5.41, 5.74) is 1.15. The number of carbonyl (C=O) groups is 3. The van der Waals surface area contributed by atoms with Gasteiger partial charge in [-0.1, -0.05) is 17.7 Å². The molecule has 38 heavy (non-hydrogen) atoms. The molecule has 3 rings (SSSR count). The highest BCUT2D eigenvalue weighted by Gasteiger charge is 2.33. The molecule has 2 amide bonds. The molecule has 2 N–H and O–H groups in total. The van der Waals surface area contributed by atoms with Gasteiger partial charge in [0.15, 0.2) is 11.5 Å². The first-order valence-electron chi connectivity index (χ1n) is 12.0. The molecular weight excluding hydrogens is 514 g/mol. The van der Waals surface area contributed by atoms with Gasteiger partial charge in [0.2, 0.25) is 21.8 Å². The molecule has 12 heteroatoms. The SMILES string of the molecule is COC(=O)c1cc(OC)c(OC)cc1NC(=O)C(C)NC(=O)C1CCN(S(=O)(=O)c2ccc(C)cc2)CC1. The number of nitrogens with zero attached hydrogens (tertiary/aromatic N) is 1. The van der Waals surface area contributed by atoms with Gasteiger partial charge >= 0.3 is 5.97 Å². The lowest BCUT2D eigenvalue weighted by atomic mass is 9.97. The van der Waals surface area contributed by atoms with Gasteiger partial charge in [-0.3, -0.25) is 9.59 Å². The fourth-order valence-electron chi connectivity index (χ4n) is 4.12. The van der Waals surface area contributed by atoms with Crippen LogP contribution < -0.4 is 20.1 Å². The maximum absolute atomic E-state index is 12.9. The quantitative estimate of drug-likeness (QED) is 0.456. The summed E-state index contributed by atoms with van der Waals surface area (Å²) in [6.07, 6.45) is 0.654. The molecule has 0 bridgehead atoms. The molecule has 0 aliphatic carbocycles. The number of rotatable bonds is 9. The molecule has 1 heterocycles. The number of esters is 1. The second-order valence-corrected chi connectivity index (χ2v) is 10.9. The summed E-state index contributed by atoms with van der Waals surface area (Å²) < 4.78 is 42.5. The third kappa shape index (κ3) is 6.43. The molecular formula is C26H33N3O8S. The molecule has 1 fully saturated rings. The molecule has 2 aromatic rings. The number of hydrogen-bond acceptors (Lipinski definition) is 8. The van der Waals surface area contributed by atoms with E-state index in [1.54, 1.807) is 24.3 Å². The summed E-state index contributed by atoms with van der Waals surface area (Å²) in [5, 5.41) is 5.32. The maximum atomic E-state index is 12.9. The summed E-state index contributed by atoms with van der Waals surface area (Å²) in [5.74, 6) is -1.47. The third-order valence-electron chi connectivity index (χ3n) is 6.42. The van der Waals surface area contributed by atoms with Crippen molar-refractivity contribution in [1.82, 2.24) is 9.62 Å². The lowest BCUT2D eigenvalue weighted by molar-refractivity contribution is -0.129. The van der Waals surface area contributed by atoms with Gasteiger partial charge in [0.05, 0.1) is 37.5 Å². The Morgan fingerprint density at radius 3 is 2.11 bits per heavy atom. The Balaban J connectivity index is 1.62. The minimum absolute atomic E-state index is 0.0548. The van der Waals surface area contributed by atoms with Gasteiger partial charge in [-0.25, -0.2) is 13.2 Å². The first-order valence-corrected chi connectivity index (χ1v) is 13.5. The van der Waals surface area contributed by atoms with Crippen LogP contribution in [0.2, 0.25) is 0 Å². The first-order chi connectivity index (χ1) is 18.0. The average Bonchev–Trinajstić information content (AvgIpc) is 2.92. The summed E-state index contributed by atoms with van der Waals surface area (Å²) in [6.45, 7) is 3.79. The fraction of sp³-hybridized carbons (Fsp3) is 0.423. The van der Waals surface area contributed by atoms with Crippen LogP contribution in [-0.2, 0) is 24.3 Å². The van der Waals surface area contributed by atoms with Crippen molar-refractivity contribution >= 4 is 33.5 Å². The van der Waals surface area contributed by atoms with E-state index in [0.29, 0.717) is 18.6 Å². The van der Waals surface area contributed by atoms with Crippen molar-refractivity contribution in [1.29, 1.82) is 0 Å².